The molecule has 7 nitrogen and oxygen atoms in total. The van der Waals surface area contributed by atoms with Crippen LogP contribution in [0.5, 0.6) is 0 Å². The Morgan fingerprint density at radius 2 is 2.28 bits per heavy atom. The maximum Gasteiger partial charge on any atom is 0.274 e. The number of anilines is 1. The van der Waals surface area contributed by atoms with Gasteiger partial charge >= 0.3 is 0 Å². The van der Waals surface area contributed by atoms with Crippen molar-refractivity contribution in [1.82, 2.24) is 15.2 Å². The molecule has 1 heterocycles. The lowest BCUT2D eigenvalue weighted by Crippen LogP contribution is -2.10. The van der Waals surface area contributed by atoms with Gasteiger partial charge in [0, 0.05) is 17.3 Å². The molecule has 1 aromatic carbocycles. The fraction of sp³-hybridized carbons (Fsp3) is 0.273. The van der Waals surface area contributed by atoms with E-state index in [1.807, 2.05) is 6.92 Å². The summed E-state index contributed by atoms with van der Waals surface area (Å²) in [5.41, 5.74) is 1.42. The number of nitro groups is 1. The van der Waals surface area contributed by atoms with Crippen LogP contribution < -0.4 is 5.32 Å². The van der Waals surface area contributed by atoms with E-state index >= 15 is 0 Å². The van der Waals surface area contributed by atoms with Gasteiger partial charge in [-0.3, -0.25) is 15.2 Å². The lowest BCUT2D eigenvalue weighted by molar-refractivity contribution is -0.385. The molecule has 1 aromatic heterocycles. The first-order chi connectivity index (χ1) is 8.59. The van der Waals surface area contributed by atoms with Crippen molar-refractivity contribution in [3.63, 3.8) is 0 Å². The molecule has 1 atom stereocenters. The number of nitro benzene ring substituents is 1. The van der Waals surface area contributed by atoms with Gasteiger partial charge in [-0.25, -0.2) is 4.98 Å². The highest BCUT2D eigenvalue weighted by atomic mass is 16.6. The Balaban J connectivity index is 2.24. The number of rotatable bonds is 4. The molecule has 0 fully saturated rings. The predicted octanol–water partition coefficient (Wildman–Crippen LogP) is 2.19. The molecule has 0 saturated heterocycles. The summed E-state index contributed by atoms with van der Waals surface area (Å²) in [6, 6.07) is 4.84. The van der Waals surface area contributed by atoms with Crippen molar-refractivity contribution in [2.24, 2.45) is 0 Å². The molecule has 0 radical (unpaired) electrons. The van der Waals surface area contributed by atoms with E-state index < -0.39 is 0 Å². The Labute approximate surface area is 103 Å². The number of aromatic nitrogens is 3. The SMILES string of the molecule is Cc1c(NC(C)c2ncn[nH]2)cccc1[N+](=O)[O-]. The van der Waals surface area contributed by atoms with Crippen molar-refractivity contribution in [3.05, 3.63) is 46.0 Å². The first-order valence-electron chi connectivity index (χ1n) is 5.45. The first kappa shape index (κ1) is 12.0. The molecule has 0 aliphatic rings. The van der Waals surface area contributed by atoms with Crippen molar-refractivity contribution < 1.29 is 4.92 Å². The minimum absolute atomic E-state index is 0.102. The van der Waals surface area contributed by atoms with Gasteiger partial charge in [0.05, 0.1) is 11.0 Å². The summed E-state index contributed by atoms with van der Waals surface area (Å²) in [5.74, 6) is 0.681. The zero-order valence-electron chi connectivity index (χ0n) is 10.0. The van der Waals surface area contributed by atoms with Crippen LogP contribution in [0.25, 0.3) is 0 Å². The van der Waals surface area contributed by atoms with Crippen LogP contribution in [-0.4, -0.2) is 20.1 Å². The lowest BCUT2D eigenvalue weighted by atomic mass is 10.1. The lowest BCUT2D eigenvalue weighted by Gasteiger charge is -2.14. The second-order valence-electron chi connectivity index (χ2n) is 3.94. The number of nitrogens with one attached hydrogen (secondary N) is 2. The summed E-state index contributed by atoms with van der Waals surface area (Å²) >= 11 is 0. The van der Waals surface area contributed by atoms with Gasteiger partial charge in [-0.2, -0.15) is 5.10 Å². The standard InChI is InChI=1S/C11H13N5O2/c1-7-9(4-3-5-10(7)16(17)18)14-8(2)11-12-6-13-15-11/h3-6,8,14H,1-2H3,(H,12,13,15). The average Bonchev–Trinajstić information content (AvgIpc) is 2.85. The van der Waals surface area contributed by atoms with Crippen molar-refractivity contribution >= 4 is 11.4 Å². The fourth-order valence-electron chi connectivity index (χ4n) is 1.70. The third kappa shape index (κ3) is 2.29. The van der Waals surface area contributed by atoms with Crippen LogP contribution in [0, 0.1) is 17.0 Å². The van der Waals surface area contributed by atoms with Gasteiger partial charge in [-0.05, 0) is 19.9 Å². The van der Waals surface area contributed by atoms with Gasteiger partial charge < -0.3 is 5.32 Å². The van der Waals surface area contributed by atoms with E-state index in [0.717, 1.165) is 0 Å². The second-order valence-corrected chi connectivity index (χ2v) is 3.94. The molecule has 2 N–H and O–H groups in total. The van der Waals surface area contributed by atoms with Crippen LogP contribution in [0.2, 0.25) is 0 Å². The Hall–Kier alpha value is -2.44. The van der Waals surface area contributed by atoms with E-state index in [0.29, 0.717) is 17.1 Å². The highest BCUT2D eigenvalue weighted by Crippen LogP contribution is 2.27. The predicted molar refractivity (Wildman–Crippen MR) is 66.3 cm³/mol. The highest BCUT2D eigenvalue weighted by molar-refractivity contribution is 5.60. The van der Waals surface area contributed by atoms with Crippen molar-refractivity contribution in [2.75, 3.05) is 5.32 Å². The second kappa shape index (κ2) is 4.82. The van der Waals surface area contributed by atoms with Crippen LogP contribution in [0.15, 0.2) is 24.5 Å². The summed E-state index contributed by atoms with van der Waals surface area (Å²) in [4.78, 5) is 14.5. The Bertz CT molecular complexity index is 553. The van der Waals surface area contributed by atoms with Gasteiger partial charge in [-0.15, -0.1) is 0 Å². The third-order valence-electron chi connectivity index (χ3n) is 2.72. The molecule has 0 saturated carbocycles. The Kier molecular flexibility index (Phi) is 3.22. The molecule has 7 heteroatoms. The van der Waals surface area contributed by atoms with Gasteiger partial charge in [0.15, 0.2) is 0 Å². The molecule has 0 aliphatic heterocycles. The molecule has 0 bridgehead atoms. The molecule has 18 heavy (non-hydrogen) atoms. The fourth-order valence-corrected chi connectivity index (χ4v) is 1.70. The number of aromatic amines is 1. The molecule has 1 unspecified atom stereocenters. The highest BCUT2D eigenvalue weighted by Gasteiger charge is 2.15. The zero-order valence-corrected chi connectivity index (χ0v) is 10.0. The smallest absolute Gasteiger partial charge is 0.274 e. The zero-order chi connectivity index (χ0) is 13.1. The van der Waals surface area contributed by atoms with Crippen molar-refractivity contribution in [3.8, 4) is 0 Å². The van der Waals surface area contributed by atoms with Gasteiger partial charge in [0.25, 0.3) is 5.69 Å². The van der Waals surface area contributed by atoms with Gasteiger partial charge in [-0.1, -0.05) is 6.07 Å². The molecule has 0 aliphatic carbocycles. The van der Waals surface area contributed by atoms with Crippen molar-refractivity contribution in [2.45, 2.75) is 19.9 Å². The molecular formula is C11H13N5O2. The molecule has 2 aromatic rings. The van der Waals surface area contributed by atoms with Crippen LogP contribution in [0.4, 0.5) is 11.4 Å². The summed E-state index contributed by atoms with van der Waals surface area (Å²) in [6.45, 7) is 3.62. The first-order valence-corrected chi connectivity index (χ1v) is 5.45. The van der Waals surface area contributed by atoms with Crippen LogP contribution >= 0.6 is 0 Å². The van der Waals surface area contributed by atoms with E-state index in [2.05, 4.69) is 20.5 Å². The maximum atomic E-state index is 10.8. The molecular weight excluding hydrogens is 234 g/mol. The van der Waals surface area contributed by atoms with Crippen LogP contribution in [-0.2, 0) is 0 Å². The Morgan fingerprint density at radius 1 is 1.50 bits per heavy atom. The number of benzene rings is 1. The van der Waals surface area contributed by atoms with E-state index in [1.165, 1.54) is 12.4 Å². The van der Waals surface area contributed by atoms with Crippen LogP contribution in [0.3, 0.4) is 0 Å². The topological polar surface area (TPSA) is 96.7 Å². The molecule has 94 valence electrons. The van der Waals surface area contributed by atoms with Gasteiger partial charge in [0.1, 0.15) is 12.2 Å². The van der Waals surface area contributed by atoms with Crippen LogP contribution in [0.1, 0.15) is 24.4 Å². The molecule has 0 spiro atoms. The monoisotopic (exact) mass is 247 g/mol. The number of H-pyrrole nitrogens is 1. The van der Waals surface area contributed by atoms with Gasteiger partial charge in [0.2, 0.25) is 0 Å². The molecule has 0 amide bonds. The minimum atomic E-state index is -0.389. The van der Waals surface area contributed by atoms with E-state index in [9.17, 15) is 10.1 Å². The third-order valence-corrected chi connectivity index (χ3v) is 2.72. The van der Waals surface area contributed by atoms with E-state index in [1.54, 1.807) is 19.1 Å². The van der Waals surface area contributed by atoms with E-state index in [-0.39, 0.29) is 16.7 Å². The summed E-state index contributed by atoms with van der Waals surface area (Å²) in [5, 5.41) is 20.5. The maximum absolute atomic E-state index is 10.8. The minimum Gasteiger partial charge on any atom is -0.375 e. The number of hydrogen-bond acceptors (Lipinski definition) is 5. The number of hydrogen-bond donors (Lipinski definition) is 2. The number of nitrogens with zero attached hydrogens (tertiary/aromatic N) is 3. The normalized spacial score (nSPS) is 12.1. The quantitative estimate of drug-likeness (QED) is 0.637. The summed E-state index contributed by atoms with van der Waals surface area (Å²) in [6.07, 6.45) is 1.42. The summed E-state index contributed by atoms with van der Waals surface area (Å²) < 4.78 is 0. The largest absolute Gasteiger partial charge is 0.375 e. The molecule has 2 rings (SSSR count). The summed E-state index contributed by atoms with van der Waals surface area (Å²) in [7, 11) is 0. The average molecular weight is 247 g/mol. The van der Waals surface area contributed by atoms with E-state index in [4.69, 9.17) is 0 Å². The van der Waals surface area contributed by atoms with Crippen molar-refractivity contribution in [1.29, 1.82) is 0 Å². The Morgan fingerprint density at radius 3 is 2.89 bits per heavy atom.